The van der Waals surface area contributed by atoms with E-state index >= 15 is 0 Å². The predicted octanol–water partition coefficient (Wildman–Crippen LogP) is 4.02. The van der Waals surface area contributed by atoms with Gasteiger partial charge in [-0.15, -0.1) is 5.73 Å². The molecule has 0 aromatic heterocycles. The molecule has 1 aromatic rings. The van der Waals surface area contributed by atoms with Crippen LogP contribution in [-0.4, -0.2) is 5.97 Å². The molecule has 2 nitrogen and oxygen atoms in total. The maximum absolute atomic E-state index is 11.3. The molecule has 0 heterocycles. The van der Waals surface area contributed by atoms with E-state index in [1.54, 1.807) is 0 Å². The van der Waals surface area contributed by atoms with E-state index in [0.717, 1.165) is 18.4 Å². The lowest BCUT2D eigenvalue weighted by Crippen LogP contribution is -1.99. The number of ether oxygens (including phenoxy) is 1. The molecule has 0 amide bonds. The van der Waals surface area contributed by atoms with E-state index < -0.39 is 0 Å². The lowest BCUT2D eigenvalue weighted by Gasteiger charge is -2.00. The highest BCUT2D eigenvalue weighted by Crippen LogP contribution is 2.01. The van der Waals surface area contributed by atoms with Crippen LogP contribution in [0.2, 0.25) is 0 Å². The van der Waals surface area contributed by atoms with Crippen molar-refractivity contribution in [3.63, 3.8) is 0 Å². The molecule has 0 aliphatic carbocycles. The van der Waals surface area contributed by atoms with Crippen molar-refractivity contribution in [2.75, 3.05) is 0 Å². The molecule has 0 N–H and O–H groups in total. The normalized spacial score (nSPS) is 9.39. The van der Waals surface area contributed by atoms with Gasteiger partial charge in [0.2, 0.25) is 0 Å². The van der Waals surface area contributed by atoms with Crippen LogP contribution < -0.4 is 0 Å². The molecular weight excluding hydrogens is 224 g/mol. The van der Waals surface area contributed by atoms with Crippen molar-refractivity contribution >= 4 is 5.97 Å². The van der Waals surface area contributed by atoms with Crippen molar-refractivity contribution in [2.24, 2.45) is 0 Å². The van der Waals surface area contributed by atoms with E-state index in [1.165, 1.54) is 18.9 Å². The summed E-state index contributed by atoms with van der Waals surface area (Å²) in [6.45, 7) is 2.48. The molecule has 0 bridgehead atoms. The Morgan fingerprint density at radius 1 is 1.28 bits per heavy atom. The van der Waals surface area contributed by atoms with E-state index in [1.807, 2.05) is 36.4 Å². The molecule has 1 rings (SSSR count). The van der Waals surface area contributed by atoms with Gasteiger partial charge in [0.1, 0.15) is 6.61 Å². The first-order valence-corrected chi connectivity index (χ1v) is 6.44. The first-order valence-electron chi connectivity index (χ1n) is 6.44. The minimum atomic E-state index is -0.342. The lowest BCUT2D eigenvalue weighted by atomic mass is 10.2. The summed E-state index contributed by atoms with van der Waals surface area (Å²) in [6, 6.07) is 9.64. The van der Waals surface area contributed by atoms with Gasteiger partial charge in [-0.1, -0.05) is 50.1 Å². The summed E-state index contributed by atoms with van der Waals surface area (Å²) in [4.78, 5) is 11.3. The van der Waals surface area contributed by atoms with Crippen molar-refractivity contribution in [1.29, 1.82) is 0 Å². The fourth-order valence-electron chi connectivity index (χ4n) is 1.48. The average molecular weight is 244 g/mol. The number of unbranched alkanes of at least 4 members (excludes halogenated alkanes) is 3. The number of hydrogen-bond donors (Lipinski definition) is 0. The minimum Gasteiger partial charge on any atom is -0.457 e. The van der Waals surface area contributed by atoms with Crippen LogP contribution in [0.1, 0.15) is 38.2 Å². The maximum Gasteiger partial charge on any atom is 0.338 e. The maximum atomic E-state index is 11.3. The highest BCUT2D eigenvalue weighted by Gasteiger charge is 1.96. The average Bonchev–Trinajstić information content (AvgIpc) is 2.41. The van der Waals surface area contributed by atoms with E-state index in [4.69, 9.17) is 4.74 Å². The van der Waals surface area contributed by atoms with E-state index in [-0.39, 0.29) is 5.97 Å². The minimum absolute atomic E-state index is 0.313. The van der Waals surface area contributed by atoms with Crippen molar-refractivity contribution in [3.05, 3.63) is 53.8 Å². The van der Waals surface area contributed by atoms with Crippen LogP contribution in [-0.2, 0) is 16.1 Å². The number of rotatable bonds is 7. The summed E-state index contributed by atoms with van der Waals surface area (Å²) in [5.41, 5.74) is 3.85. The molecule has 1 aromatic carbocycles. The molecule has 0 atom stereocenters. The number of hydrogen-bond acceptors (Lipinski definition) is 2. The van der Waals surface area contributed by atoms with Gasteiger partial charge in [-0.25, -0.2) is 4.79 Å². The molecule has 0 spiro atoms. The van der Waals surface area contributed by atoms with Gasteiger partial charge in [0.15, 0.2) is 0 Å². The third-order valence-corrected chi connectivity index (χ3v) is 2.49. The second kappa shape index (κ2) is 9.26. The fourth-order valence-corrected chi connectivity index (χ4v) is 1.48. The molecule has 0 aliphatic rings. The first-order chi connectivity index (χ1) is 8.83. The molecule has 0 aliphatic heterocycles. The van der Waals surface area contributed by atoms with Crippen molar-refractivity contribution in [1.82, 2.24) is 0 Å². The summed E-state index contributed by atoms with van der Waals surface area (Å²) in [5.74, 6) is -0.342. The Kier molecular flexibility index (Phi) is 7.34. The number of carbonyl (C=O) groups is 1. The summed E-state index contributed by atoms with van der Waals surface area (Å²) >= 11 is 0. The zero-order chi connectivity index (χ0) is 13.1. The summed E-state index contributed by atoms with van der Waals surface area (Å²) in [6.07, 6.45) is 7.79. The van der Waals surface area contributed by atoms with Crippen LogP contribution in [0.4, 0.5) is 0 Å². The van der Waals surface area contributed by atoms with Crippen molar-refractivity contribution in [3.8, 4) is 0 Å². The molecule has 0 fully saturated rings. The second-order valence-electron chi connectivity index (χ2n) is 4.10. The van der Waals surface area contributed by atoms with E-state index in [9.17, 15) is 4.79 Å². The third kappa shape index (κ3) is 6.72. The largest absolute Gasteiger partial charge is 0.457 e. The van der Waals surface area contributed by atoms with Gasteiger partial charge < -0.3 is 4.74 Å². The van der Waals surface area contributed by atoms with Crippen LogP contribution in [0.25, 0.3) is 0 Å². The Morgan fingerprint density at radius 3 is 2.78 bits per heavy atom. The molecule has 18 heavy (non-hydrogen) atoms. The molecule has 0 saturated carbocycles. The van der Waals surface area contributed by atoms with E-state index in [0.29, 0.717) is 6.61 Å². The Hall–Kier alpha value is -1.79. The number of benzene rings is 1. The Bertz CT molecular complexity index is 400. The van der Waals surface area contributed by atoms with Crippen molar-refractivity contribution in [2.45, 2.75) is 39.2 Å². The first kappa shape index (κ1) is 14.3. The zero-order valence-electron chi connectivity index (χ0n) is 10.9. The molecule has 0 radical (unpaired) electrons. The van der Waals surface area contributed by atoms with Crippen LogP contribution in [0.3, 0.4) is 0 Å². The van der Waals surface area contributed by atoms with E-state index in [2.05, 4.69) is 12.7 Å². The van der Waals surface area contributed by atoms with Gasteiger partial charge in [-0.3, -0.25) is 0 Å². The number of carbonyl (C=O) groups excluding carboxylic acids is 1. The van der Waals surface area contributed by atoms with Crippen LogP contribution >= 0.6 is 0 Å². The Balaban J connectivity index is 2.23. The monoisotopic (exact) mass is 244 g/mol. The zero-order valence-corrected chi connectivity index (χ0v) is 10.9. The molecule has 2 heteroatoms. The van der Waals surface area contributed by atoms with Crippen LogP contribution in [0.5, 0.6) is 0 Å². The second-order valence-corrected chi connectivity index (χ2v) is 4.10. The lowest BCUT2D eigenvalue weighted by molar-refractivity contribution is -0.138. The highest BCUT2D eigenvalue weighted by molar-refractivity contribution is 5.81. The molecular formula is C16H20O2. The predicted molar refractivity (Wildman–Crippen MR) is 73.0 cm³/mol. The van der Waals surface area contributed by atoms with Crippen molar-refractivity contribution < 1.29 is 9.53 Å². The van der Waals surface area contributed by atoms with Crippen LogP contribution in [0, 0.1) is 0 Å². The number of esters is 1. The topological polar surface area (TPSA) is 26.3 Å². The van der Waals surface area contributed by atoms with Gasteiger partial charge in [0.25, 0.3) is 0 Å². The Labute approximate surface area is 109 Å². The van der Waals surface area contributed by atoms with Gasteiger partial charge in [-0.2, -0.15) is 0 Å². The summed E-state index contributed by atoms with van der Waals surface area (Å²) in [5, 5.41) is 0. The third-order valence-electron chi connectivity index (χ3n) is 2.49. The van der Waals surface area contributed by atoms with Gasteiger partial charge in [-0.05, 0) is 24.5 Å². The Morgan fingerprint density at radius 2 is 2.06 bits per heavy atom. The van der Waals surface area contributed by atoms with Crippen LogP contribution in [0.15, 0.2) is 48.2 Å². The molecule has 0 saturated heterocycles. The molecule has 96 valence electrons. The SMILES string of the molecule is CCCCCC=C=CC(=O)OCc1ccccc1. The van der Waals surface area contributed by atoms with Gasteiger partial charge in [0.05, 0.1) is 6.08 Å². The fraction of sp³-hybridized carbons (Fsp3) is 0.375. The van der Waals surface area contributed by atoms with Gasteiger partial charge in [0, 0.05) is 0 Å². The van der Waals surface area contributed by atoms with Gasteiger partial charge >= 0.3 is 5.97 Å². The summed E-state index contributed by atoms with van der Waals surface area (Å²) < 4.78 is 5.08. The standard InChI is InChI=1S/C16H20O2/c1-2-3-4-5-6-10-13-16(17)18-14-15-11-8-7-9-12-15/h6-9,11-13H,2-5,14H2,1H3. The highest BCUT2D eigenvalue weighted by atomic mass is 16.5. The smallest absolute Gasteiger partial charge is 0.338 e. The molecule has 0 unspecified atom stereocenters. The quantitative estimate of drug-likeness (QED) is 0.313. The summed E-state index contributed by atoms with van der Waals surface area (Å²) in [7, 11) is 0.